The minimum atomic E-state index is -0.827. The van der Waals surface area contributed by atoms with Crippen molar-refractivity contribution in [3.05, 3.63) is 35.9 Å². The maximum atomic E-state index is 11.9. The number of rotatable bonds is 5. The van der Waals surface area contributed by atoms with E-state index in [-0.39, 0.29) is 0 Å². The van der Waals surface area contributed by atoms with Crippen molar-refractivity contribution < 1.29 is 14.6 Å². The van der Waals surface area contributed by atoms with Gasteiger partial charge in [-0.1, -0.05) is 30.3 Å². The van der Waals surface area contributed by atoms with Crippen molar-refractivity contribution in [2.45, 2.75) is 51.4 Å². The Bertz CT molecular complexity index is 485. The van der Waals surface area contributed by atoms with Crippen molar-refractivity contribution >= 4 is 6.09 Å². The predicted molar refractivity (Wildman–Crippen MR) is 82.6 cm³/mol. The first-order valence-corrected chi connectivity index (χ1v) is 6.99. The highest BCUT2D eigenvalue weighted by Gasteiger charge is 2.25. The van der Waals surface area contributed by atoms with E-state index in [9.17, 15) is 9.90 Å². The molecule has 4 nitrogen and oxygen atoms in total. The molecule has 114 valence electrons. The molecule has 0 bridgehead atoms. The molecule has 0 fully saturated rings. The number of aliphatic hydroxyl groups is 1. The first-order chi connectivity index (χ1) is 9.83. The number of benzene rings is 1. The number of terminal acetylenes is 1. The summed E-state index contributed by atoms with van der Waals surface area (Å²) in [5.41, 5.74) is 0.147. The molecule has 0 radical (unpaired) electrons. The summed E-state index contributed by atoms with van der Waals surface area (Å²) in [6.45, 7) is 5.37. The van der Waals surface area contributed by atoms with E-state index in [1.165, 1.54) is 0 Å². The Balaban J connectivity index is 2.76. The van der Waals surface area contributed by atoms with Gasteiger partial charge in [0.05, 0.1) is 12.1 Å². The van der Waals surface area contributed by atoms with Crippen molar-refractivity contribution in [3.8, 4) is 12.3 Å². The summed E-state index contributed by atoms with van der Waals surface area (Å²) in [5, 5.41) is 13.1. The average molecular weight is 289 g/mol. The van der Waals surface area contributed by atoms with Crippen molar-refractivity contribution in [3.63, 3.8) is 0 Å². The first kappa shape index (κ1) is 17.1. The van der Waals surface area contributed by atoms with Gasteiger partial charge in [0, 0.05) is 6.42 Å². The normalized spacial score (nSPS) is 13.9. The van der Waals surface area contributed by atoms with E-state index in [0.717, 1.165) is 5.56 Å². The lowest BCUT2D eigenvalue weighted by Crippen LogP contribution is -2.42. The number of hydrogen-bond acceptors (Lipinski definition) is 3. The van der Waals surface area contributed by atoms with Crippen LogP contribution in [0.15, 0.2) is 30.3 Å². The third kappa shape index (κ3) is 6.33. The van der Waals surface area contributed by atoms with E-state index < -0.39 is 23.8 Å². The summed E-state index contributed by atoms with van der Waals surface area (Å²) in [4.78, 5) is 11.9. The Morgan fingerprint density at radius 2 is 2.00 bits per heavy atom. The van der Waals surface area contributed by atoms with Crippen molar-refractivity contribution in [2.75, 3.05) is 0 Å². The zero-order chi connectivity index (χ0) is 15.9. The van der Waals surface area contributed by atoms with Crippen molar-refractivity contribution in [2.24, 2.45) is 0 Å². The number of hydrogen-bond donors (Lipinski definition) is 2. The van der Waals surface area contributed by atoms with Crippen LogP contribution in [0.3, 0.4) is 0 Å². The number of nitrogens with one attached hydrogen (secondary N) is 1. The lowest BCUT2D eigenvalue weighted by Gasteiger charge is -2.26. The van der Waals surface area contributed by atoms with Crippen molar-refractivity contribution in [1.29, 1.82) is 0 Å². The molecule has 1 amide bonds. The topological polar surface area (TPSA) is 58.6 Å². The quantitative estimate of drug-likeness (QED) is 0.819. The fourth-order valence-electron chi connectivity index (χ4n) is 1.89. The number of carbonyl (C=O) groups is 1. The van der Waals surface area contributed by atoms with E-state index in [4.69, 9.17) is 11.2 Å². The molecule has 0 aromatic heterocycles. The number of alkyl carbamates (subject to hydrolysis) is 1. The molecular weight excluding hydrogens is 266 g/mol. The molecule has 0 saturated carbocycles. The Labute approximate surface area is 126 Å². The minimum absolute atomic E-state index is 0.463. The Hall–Kier alpha value is -1.99. The van der Waals surface area contributed by atoms with Crippen LogP contribution < -0.4 is 5.32 Å². The van der Waals surface area contributed by atoms with Gasteiger partial charge in [-0.05, 0) is 32.8 Å². The van der Waals surface area contributed by atoms with Gasteiger partial charge in [-0.2, -0.15) is 0 Å². The fraction of sp³-hybridized carbons (Fsp3) is 0.471. The van der Waals surface area contributed by atoms with Gasteiger partial charge in [0.1, 0.15) is 5.60 Å². The Kier molecular flexibility index (Phi) is 6.26. The van der Waals surface area contributed by atoms with Gasteiger partial charge in [-0.3, -0.25) is 0 Å². The summed E-state index contributed by atoms with van der Waals surface area (Å²) in [6.07, 6.45) is 4.83. The first-order valence-electron chi connectivity index (χ1n) is 6.99. The molecule has 0 spiro atoms. The lowest BCUT2D eigenvalue weighted by molar-refractivity contribution is 0.0415. The molecule has 0 aliphatic carbocycles. The SMILES string of the molecule is C#CCC[C@@H](NC(=O)OC(C)(C)C)[C@H](O)c1ccccc1. The Morgan fingerprint density at radius 3 is 2.52 bits per heavy atom. The van der Waals surface area contributed by atoms with E-state index in [1.54, 1.807) is 20.8 Å². The van der Waals surface area contributed by atoms with Crippen LogP contribution in [0.1, 0.15) is 45.3 Å². The van der Waals surface area contributed by atoms with E-state index in [1.807, 2.05) is 30.3 Å². The predicted octanol–water partition coefficient (Wildman–Crippen LogP) is 3.03. The van der Waals surface area contributed by atoms with E-state index >= 15 is 0 Å². The van der Waals surface area contributed by atoms with Crippen LogP contribution in [0, 0.1) is 12.3 Å². The summed E-state index contributed by atoms with van der Waals surface area (Å²) in [7, 11) is 0. The van der Waals surface area contributed by atoms with Gasteiger partial charge in [-0.25, -0.2) is 4.79 Å². The van der Waals surface area contributed by atoms with Crippen LogP contribution in [-0.4, -0.2) is 22.8 Å². The second-order valence-electron chi connectivity index (χ2n) is 5.85. The summed E-state index contributed by atoms with van der Waals surface area (Å²) in [5.74, 6) is 2.52. The van der Waals surface area contributed by atoms with Gasteiger partial charge < -0.3 is 15.2 Å². The monoisotopic (exact) mass is 289 g/mol. The molecule has 1 aromatic carbocycles. The molecule has 2 N–H and O–H groups in total. The highest BCUT2D eigenvalue weighted by atomic mass is 16.6. The maximum Gasteiger partial charge on any atom is 0.407 e. The van der Waals surface area contributed by atoms with Crippen LogP contribution in [0.4, 0.5) is 4.79 Å². The number of aliphatic hydroxyl groups excluding tert-OH is 1. The van der Waals surface area contributed by atoms with Crippen LogP contribution in [0.25, 0.3) is 0 Å². The molecule has 2 atom stereocenters. The van der Waals surface area contributed by atoms with Crippen molar-refractivity contribution in [1.82, 2.24) is 5.32 Å². The second-order valence-corrected chi connectivity index (χ2v) is 5.85. The average Bonchev–Trinajstić information content (AvgIpc) is 2.41. The molecule has 0 unspecified atom stereocenters. The summed E-state index contributed by atoms with van der Waals surface area (Å²) < 4.78 is 5.22. The van der Waals surface area contributed by atoms with Crippen LogP contribution >= 0.6 is 0 Å². The third-order valence-electron chi connectivity index (χ3n) is 2.82. The summed E-state index contributed by atoms with van der Waals surface area (Å²) >= 11 is 0. The largest absolute Gasteiger partial charge is 0.444 e. The van der Waals surface area contributed by atoms with Crippen LogP contribution in [0.5, 0.6) is 0 Å². The standard InChI is InChI=1S/C17H23NO3/c1-5-6-12-14(18-16(20)21-17(2,3)4)15(19)13-10-8-7-9-11-13/h1,7-11,14-15,19H,6,12H2,2-4H3,(H,18,20)/t14-,15-/m1/s1. The number of amides is 1. The smallest absolute Gasteiger partial charge is 0.407 e. The van der Waals surface area contributed by atoms with E-state index in [2.05, 4.69) is 11.2 Å². The van der Waals surface area contributed by atoms with Gasteiger partial charge in [0.15, 0.2) is 0 Å². The molecule has 1 aromatic rings. The molecule has 0 aliphatic rings. The summed E-state index contributed by atoms with van der Waals surface area (Å²) in [6, 6.07) is 8.68. The van der Waals surface area contributed by atoms with Gasteiger partial charge >= 0.3 is 6.09 Å². The highest BCUT2D eigenvalue weighted by Crippen LogP contribution is 2.20. The van der Waals surface area contributed by atoms with Crippen LogP contribution in [-0.2, 0) is 4.74 Å². The molecule has 0 heterocycles. The van der Waals surface area contributed by atoms with E-state index in [0.29, 0.717) is 12.8 Å². The highest BCUT2D eigenvalue weighted by molar-refractivity contribution is 5.68. The minimum Gasteiger partial charge on any atom is -0.444 e. The molecule has 4 heteroatoms. The van der Waals surface area contributed by atoms with Gasteiger partial charge in [0.2, 0.25) is 0 Å². The van der Waals surface area contributed by atoms with Gasteiger partial charge in [-0.15, -0.1) is 12.3 Å². The molecule has 1 rings (SSSR count). The third-order valence-corrected chi connectivity index (χ3v) is 2.82. The molecule has 0 aliphatic heterocycles. The maximum absolute atomic E-state index is 11.9. The van der Waals surface area contributed by atoms with Gasteiger partial charge in [0.25, 0.3) is 0 Å². The number of ether oxygens (including phenoxy) is 1. The Morgan fingerprint density at radius 1 is 1.38 bits per heavy atom. The molecular formula is C17H23NO3. The zero-order valence-corrected chi connectivity index (χ0v) is 12.8. The fourth-order valence-corrected chi connectivity index (χ4v) is 1.89. The van der Waals surface area contributed by atoms with Crippen LogP contribution in [0.2, 0.25) is 0 Å². The lowest BCUT2D eigenvalue weighted by atomic mass is 9.98. The zero-order valence-electron chi connectivity index (χ0n) is 12.8. The number of carbonyl (C=O) groups excluding carboxylic acids is 1. The molecule has 21 heavy (non-hydrogen) atoms. The molecule has 0 saturated heterocycles. The second kappa shape index (κ2) is 7.70.